The fourth-order valence-electron chi connectivity index (χ4n) is 4.90. The second-order valence-electron chi connectivity index (χ2n) is 10.3. The van der Waals surface area contributed by atoms with Crippen LogP contribution in [-0.2, 0) is 16.0 Å². The zero-order valence-electron chi connectivity index (χ0n) is 20.4. The molecule has 34 heavy (non-hydrogen) atoms. The van der Waals surface area contributed by atoms with E-state index in [2.05, 4.69) is 5.32 Å². The molecular weight excluding hydrogens is 437 g/mol. The van der Waals surface area contributed by atoms with Gasteiger partial charge in [-0.05, 0) is 69.4 Å². The van der Waals surface area contributed by atoms with Crippen LogP contribution in [0, 0.1) is 25.6 Å². The van der Waals surface area contributed by atoms with E-state index in [0.29, 0.717) is 18.5 Å². The molecule has 3 N–H and O–H groups in total. The number of ether oxygens (including phenoxy) is 2. The quantitative estimate of drug-likeness (QED) is 0.485. The van der Waals surface area contributed by atoms with Crippen molar-refractivity contribution in [2.24, 2.45) is 5.92 Å². The number of β-amino-alcohol motifs (C(OH)–C–C–N with tert-alkyl or cyclic N) is 1. The van der Waals surface area contributed by atoms with Crippen LogP contribution in [0.15, 0.2) is 30.3 Å². The number of rotatable bonds is 10. The molecular formula is C27H34FNO5. The Morgan fingerprint density at radius 2 is 1.94 bits per heavy atom. The molecule has 1 aliphatic heterocycles. The highest BCUT2D eigenvalue weighted by Gasteiger charge is 2.64. The summed E-state index contributed by atoms with van der Waals surface area (Å²) in [6, 6.07) is 9.19. The highest BCUT2D eigenvalue weighted by molar-refractivity contribution is 5.79. The van der Waals surface area contributed by atoms with Gasteiger partial charge in [0.05, 0.1) is 18.8 Å². The Balaban J connectivity index is 1.32. The Morgan fingerprint density at radius 1 is 1.24 bits per heavy atom. The van der Waals surface area contributed by atoms with E-state index >= 15 is 0 Å². The number of aliphatic hydroxyl groups excluding tert-OH is 1. The fraction of sp³-hybridized carbons (Fsp3) is 0.519. The van der Waals surface area contributed by atoms with E-state index in [-0.39, 0.29) is 36.1 Å². The summed E-state index contributed by atoms with van der Waals surface area (Å²) < 4.78 is 25.8. The molecule has 2 aromatic rings. The summed E-state index contributed by atoms with van der Waals surface area (Å²) in [4.78, 5) is 11.5. The Bertz CT molecular complexity index is 1080. The average Bonchev–Trinajstić information content (AvgIpc) is 3.35. The number of halogens is 1. The maximum atomic E-state index is 13.9. The van der Waals surface area contributed by atoms with Gasteiger partial charge in [0.15, 0.2) is 0 Å². The van der Waals surface area contributed by atoms with Gasteiger partial charge < -0.3 is 25.0 Å². The van der Waals surface area contributed by atoms with Crippen molar-refractivity contribution in [3.05, 3.63) is 64.0 Å². The fourth-order valence-corrected chi connectivity index (χ4v) is 4.90. The van der Waals surface area contributed by atoms with Gasteiger partial charge in [0.25, 0.3) is 0 Å². The third kappa shape index (κ3) is 4.97. The van der Waals surface area contributed by atoms with Gasteiger partial charge in [-0.2, -0.15) is 0 Å². The maximum Gasteiger partial charge on any atom is 0.311 e. The van der Waals surface area contributed by atoms with E-state index < -0.39 is 18.0 Å². The summed E-state index contributed by atoms with van der Waals surface area (Å²) in [5.41, 5.74) is 4.02. The van der Waals surface area contributed by atoms with Crippen LogP contribution >= 0.6 is 0 Å². The number of carboxylic acid groups (broad SMARTS) is 1. The summed E-state index contributed by atoms with van der Waals surface area (Å²) in [6.45, 7) is 10.1. The van der Waals surface area contributed by atoms with Crippen molar-refractivity contribution in [2.75, 3.05) is 13.2 Å². The number of hydrogen-bond acceptors (Lipinski definition) is 5. The second-order valence-corrected chi connectivity index (χ2v) is 10.3. The van der Waals surface area contributed by atoms with Crippen molar-refractivity contribution in [3.63, 3.8) is 0 Å². The standard InChI is InChI=1S/C27H34FNO5/c1-14-6-8-17(10-20(14)28)11-27(4,5)29-12-18(30)13-33-16(3)19-9-7-15(2)24-21(19)22-23(26(31)32)25(22)34-24/h6-10,16,18,22-23,25,29-30H,11-13H2,1-5H3,(H,31,32)/t16-,18-,22-,23-,25-/m1/s1. The third-order valence-electron chi connectivity index (χ3n) is 6.93. The van der Waals surface area contributed by atoms with Gasteiger partial charge in [0.1, 0.15) is 23.6 Å². The first-order valence-corrected chi connectivity index (χ1v) is 11.8. The molecule has 0 bridgehead atoms. The molecule has 0 saturated heterocycles. The Labute approximate surface area is 200 Å². The minimum Gasteiger partial charge on any atom is -0.488 e. The van der Waals surface area contributed by atoms with E-state index in [0.717, 1.165) is 28.0 Å². The number of aliphatic hydroxyl groups is 1. The van der Waals surface area contributed by atoms with Gasteiger partial charge in [0, 0.05) is 23.6 Å². The number of hydrogen-bond donors (Lipinski definition) is 3. The van der Waals surface area contributed by atoms with E-state index in [1.54, 1.807) is 19.1 Å². The van der Waals surface area contributed by atoms with Crippen LogP contribution in [0.4, 0.5) is 4.39 Å². The normalized spacial score (nSPS) is 22.5. The van der Waals surface area contributed by atoms with Crippen molar-refractivity contribution >= 4 is 5.97 Å². The Morgan fingerprint density at radius 3 is 2.62 bits per heavy atom. The van der Waals surface area contributed by atoms with Crippen LogP contribution in [0.1, 0.15) is 60.6 Å². The van der Waals surface area contributed by atoms with Crippen molar-refractivity contribution in [1.82, 2.24) is 5.32 Å². The maximum absolute atomic E-state index is 13.9. The number of aliphatic carboxylic acids is 1. The second kappa shape index (κ2) is 9.29. The number of carbonyl (C=O) groups is 1. The first-order valence-electron chi connectivity index (χ1n) is 11.8. The molecule has 5 atom stereocenters. The molecule has 2 aliphatic rings. The van der Waals surface area contributed by atoms with E-state index in [9.17, 15) is 19.4 Å². The molecule has 0 unspecified atom stereocenters. The molecule has 6 nitrogen and oxygen atoms in total. The summed E-state index contributed by atoms with van der Waals surface area (Å²) in [5, 5.41) is 23.3. The van der Waals surface area contributed by atoms with Crippen LogP contribution < -0.4 is 10.1 Å². The molecule has 4 rings (SSSR count). The van der Waals surface area contributed by atoms with Crippen LogP contribution in [0.3, 0.4) is 0 Å². The molecule has 0 spiro atoms. The molecule has 2 aromatic carbocycles. The summed E-state index contributed by atoms with van der Waals surface area (Å²) in [5.74, 6) is -0.904. The predicted octanol–water partition coefficient (Wildman–Crippen LogP) is 4.05. The van der Waals surface area contributed by atoms with Crippen molar-refractivity contribution in [3.8, 4) is 5.75 Å². The lowest BCUT2D eigenvalue weighted by atomic mass is 9.94. The van der Waals surface area contributed by atoms with Crippen LogP contribution in [0.2, 0.25) is 0 Å². The number of fused-ring (bicyclic) bond motifs is 3. The lowest BCUT2D eigenvalue weighted by Gasteiger charge is -2.28. The number of carboxylic acids is 1. The molecule has 7 heteroatoms. The van der Waals surface area contributed by atoms with Gasteiger partial charge in [-0.25, -0.2) is 4.39 Å². The molecule has 184 valence electrons. The Kier molecular flexibility index (Phi) is 6.73. The molecule has 1 fully saturated rings. The number of benzene rings is 2. The SMILES string of the molecule is Cc1ccc(CC(C)(C)NC[C@@H](O)CO[C@H](C)c2ccc(C)c3c2[C@H]2[C@@H](O3)[C@@H]2C(=O)O)cc1F. The molecule has 1 aliphatic carbocycles. The number of nitrogens with one attached hydrogen (secondary N) is 1. The Hall–Kier alpha value is -2.48. The molecule has 1 heterocycles. The minimum atomic E-state index is -0.834. The molecule has 0 radical (unpaired) electrons. The lowest BCUT2D eigenvalue weighted by molar-refractivity contribution is -0.139. The van der Waals surface area contributed by atoms with E-state index in [1.165, 1.54) is 0 Å². The van der Waals surface area contributed by atoms with Crippen LogP contribution in [0.5, 0.6) is 5.75 Å². The summed E-state index contributed by atoms with van der Waals surface area (Å²) in [6.07, 6.45) is -0.716. The first kappa shape index (κ1) is 24.6. The van der Waals surface area contributed by atoms with Crippen molar-refractivity contribution in [1.29, 1.82) is 0 Å². The molecule has 1 saturated carbocycles. The number of aryl methyl sites for hydroxylation is 2. The van der Waals surface area contributed by atoms with Crippen LogP contribution in [0.25, 0.3) is 0 Å². The average molecular weight is 472 g/mol. The zero-order valence-corrected chi connectivity index (χ0v) is 20.4. The van der Waals surface area contributed by atoms with E-state index in [1.807, 2.05) is 45.9 Å². The van der Waals surface area contributed by atoms with Gasteiger partial charge in [0.2, 0.25) is 0 Å². The van der Waals surface area contributed by atoms with Gasteiger partial charge in [-0.1, -0.05) is 24.3 Å². The smallest absolute Gasteiger partial charge is 0.311 e. The lowest BCUT2D eigenvalue weighted by Crippen LogP contribution is -2.46. The van der Waals surface area contributed by atoms with Crippen molar-refractivity contribution in [2.45, 2.75) is 70.8 Å². The topological polar surface area (TPSA) is 88.0 Å². The van der Waals surface area contributed by atoms with E-state index in [4.69, 9.17) is 9.47 Å². The zero-order chi connectivity index (χ0) is 24.8. The van der Waals surface area contributed by atoms with Crippen LogP contribution in [-0.4, -0.2) is 47.1 Å². The molecule has 0 aromatic heterocycles. The third-order valence-corrected chi connectivity index (χ3v) is 6.93. The largest absolute Gasteiger partial charge is 0.488 e. The van der Waals surface area contributed by atoms with Gasteiger partial charge >= 0.3 is 5.97 Å². The summed E-state index contributed by atoms with van der Waals surface area (Å²) in [7, 11) is 0. The highest BCUT2D eigenvalue weighted by atomic mass is 19.1. The van der Waals surface area contributed by atoms with Gasteiger partial charge in [-0.3, -0.25) is 4.79 Å². The highest BCUT2D eigenvalue weighted by Crippen LogP contribution is 2.61. The first-order chi connectivity index (χ1) is 16.0. The predicted molar refractivity (Wildman–Crippen MR) is 127 cm³/mol. The van der Waals surface area contributed by atoms with Gasteiger partial charge in [-0.15, -0.1) is 0 Å². The minimum absolute atomic E-state index is 0.128. The molecule has 0 amide bonds. The summed E-state index contributed by atoms with van der Waals surface area (Å²) >= 11 is 0. The monoisotopic (exact) mass is 471 g/mol. The van der Waals surface area contributed by atoms with Crippen molar-refractivity contribution < 1.29 is 28.9 Å².